The molecular weight excluding hydrogens is 390 g/mol. The van der Waals surface area contributed by atoms with E-state index in [9.17, 15) is 14.9 Å². The molecule has 1 amide bonds. The number of rotatable bonds is 3. The maximum absolute atomic E-state index is 12.9. The van der Waals surface area contributed by atoms with Gasteiger partial charge in [0.25, 0.3) is 0 Å². The Kier molecular flexibility index (Phi) is 4.41. The van der Waals surface area contributed by atoms with Gasteiger partial charge in [0, 0.05) is 15.5 Å². The van der Waals surface area contributed by atoms with Gasteiger partial charge in [0.1, 0.15) is 5.01 Å². The number of thiazole rings is 1. The average molecular weight is 400 g/mol. The second-order valence-electron chi connectivity index (χ2n) is 5.64. The number of hydrogen-bond donors (Lipinski definition) is 1. The first kappa shape index (κ1) is 17.0. The molecule has 128 valence electrons. The number of nitrogens with one attached hydrogen (secondary N) is 1. The maximum atomic E-state index is 12.9. The number of anilines is 1. The zero-order valence-corrected chi connectivity index (χ0v) is 15.5. The van der Waals surface area contributed by atoms with Crippen LogP contribution in [0.15, 0.2) is 41.3 Å². The normalized spacial score (nSPS) is 14.4. The molecule has 1 unspecified atom stereocenters. The number of ketones is 1. The standard InChI is InChI=1S/C18H10ClN3O2S2/c19-10-2-4-15-13(6-10)22-18(26-15)11(7-20)17(24)9-1-3-14-12(5-9)21-16(23)8-25-14/h1-6,11H,8H2,(H,21,23). The monoisotopic (exact) mass is 399 g/mol. The fourth-order valence-electron chi connectivity index (χ4n) is 2.67. The van der Waals surface area contributed by atoms with Crippen LogP contribution in [0.1, 0.15) is 21.3 Å². The highest BCUT2D eigenvalue weighted by Crippen LogP contribution is 2.35. The van der Waals surface area contributed by atoms with Crippen molar-refractivity contribution in [3.63, 3.8) is 0 Å². The van der Waals surface area contributed by atoms with E-state index in [-0.39, 0.29) is 11.7 Å². The van der Waals surface area contributed by atoms with Crippen molar-refractivity contribution in [2.45, 2.75) is 10.8 Å². The fourth-order valence-corrected chi connectivity index (χ4v) is 4.62. The summed E-state index contributed by atoms with van der Waals surface area (Å²) in [5, 5.41) is 13.3. The van der Waals surface area contributed by atoms with E-state index in [1.165, 1.54) is 23.1 Å². The molecule has 0 saturated heterocycles. The van der Waals surface area contributed by atoms with Crippen molar-refractivity contribution in [1.82, 2.24) is 4.98 Å². The minimum Gasteiger partial charge on any atom is -0.324 e. The van der Waals surface area contributed by atoms with Crippen molar-refractivity contribution in [2.75, 3.05) is 11.1 Å². The van der Waals surface area contributed by atoms with Crippen LogP contribution in [0, 0.1) is 11.3 Å². The van der Waals surface area contributed by atoms with E-state index in [1.54, 1.807) is 30.3 Å². The second kappa shape index (κ2) is 6.72. The van der Waals surface area contributed by atoms with Crippen molar-refractivity contribution < 1.29 is 9.59 Å². The molecule has 0 radical (unpaired) electrons. The molecule has 1 aromatic heterocycles. The summed E-state index contributed by atoms with van der Waals surface area (Å²) in [4.78, 5) is 29.8. The molecule has 2 aromatic carbocycles. The van der Waals surface area contributed by atoms with Gasteiger partial charge in [-0.25, -0.2) is 4.98 Å². The largest absolute Gasteiger partial charge is 0.324 e. The Morgan fingerprint density at radius 1 is 1.31 bits per heavy atom. The van der Waals surface area contributed by atoms with E-state index in [1.807, 2.05) is 6.07 Å². The van der Waals surface area contributed by atoms with E-state index in [0.717, 1.165) is 9.60 Å². The lowest BCUT2D eigenvalue weighted by Crippen LogP contribution is -2.19. The Bertz CT molecular complexity index is 1100. The Labute approximate surface area is 162 Å². The van der Waals surface area contributed by atoms with Crippen LogP contribution in [0.4, 0.5) is 5.69 Å². The van der Waals surface area contributed by atoms with Gasteiger partial charge in [-0.15, -0.1) is 23.1 Å². The molecule has 0 spiro atoms. The highest BCUT2D eigenvalue weighted by molar-refractivity contribution is 8.00. The van der Waals surface area contributed by atoms with Gasteiger partial charge in [0.15, 0.2) is 11.7 Å². The number of aromatic nitrogens is 1. The van der Waals surface area contributed by atoms with Crippen LogP contribution in [-0.4, -0.2) is 22.4 Å². The SMILES string of the molecule is N#CC(C(=O)c1ccc2c(c1)NC(=O)CS2)c1nc2cc(Cl)ccc2s1. The van der Waals surface area contributed by atoms with Crippen LogP contribution >= 0.6 is 34.7 Å². The van der Waals surface area contributed by atoms with Gasteiger partial charge in [-0.1, -0.05) is 17.7 Å². The van der Waals surface area contributed by atoms with Gasteiger partial charge in [0.2, 0.25) is 5.91 Å². The molecule has 26 heavy (non-hydrogen) atoms. The van der Waals surface area contributed by atoms with Gasteiger partial charge in [-0.3, -0.25) is 9.59 Å². The molecule has 4 rings (SSSR count). The molecule has 1 aliphatic rings. The Morgan fingerprint density at radius 2 is 2.15 bits per heavy atom. The predicted octanol–water partition coefficient (Wildman–Crippen LogP) is 4.48. The topological polar surface area (TPSA) is 82.9 Å². The third-order valence-electron chi connectivity index (χ3n) is 3.90. The number of benzene rings is 2. The Balaban J connectivity index is 1.70. The molecule has 0 saturated carbocycles. The molecule has 2 heterocycles. The number of amides is 1. The molecule has 1 N–H and O–H groups in total. The number of nitriles is 1. The minimum absolute atomic E-state index is 0.105. The highest BCUT2D eigenvalue weighted by Gasteiger charge is 2.27. The van der Waals surface area contributed by atoms with Gasteiger partial charge >= 0.3 is 0 Å². The first-order valence-electron chi connectivity index (χ1n) is 7.61. The van der Waals surface area contributed by atoms with Crippen LogP contribution in [-0.2, 0) is 4.79 Å². The number of carbonyl (C=O) groups is 2. The maximum Gasteiger partial charge on any atom is 0.234 e. The van der Waals surface area contributed by atoms with Crippen molar-refractivity contribution in [3.8, 4) is 6.07 Å². The summed E-state index contributed by atoms with van der Waals surface area (Å²) in [5.74, 6) is -1.09. The summed E-state index contributed by atoms with van der Waals surface area (Å²) in [6.07, 6.45) is 0. The van der Waals surface area contributed by atoms with Crippen LogP contribution in [0.3, 0.4) is 0 Å². The number of hydrogen-bond acceptors (Lipinski definition) is 6. The first-order chi connectivity index (χ1) is 12.5. The summed E-state index contributed by atoms with van der Waals surface area (Å²) in [6, 6.07) is 12.4. The third-order valence-corrected chi connectivity index (χ3v) is 6.31. The lowest BCUT2D eigenvalue weighted by Gasteiger charge is -2.17. The van der Waals surface area contributed by atoms with Crippen molar-refractivity contribution in [1.29, 1.82) is 5.26 Å². The number of fused-ring (bicyclic) bond motifs is 2. The van der Waals surface area contributed by atoms with Crippen LogP contribution in [0.5, 0.6) is 0 Å². The van der Waals surface area contributed by atoms with E-state index < -0.39 is 5.92 Å². The summed E-state index contributed by atoms with van der Waals surface area (Å²) < 4.78 is 0.867. The zero-order chi connectivity index (χ0) is 18.3. The van der Waals surface area contributed by atoms with Crippen molar-refractivity contribution in [2.24, 2.45) is 0 Å². The van der Waals surface area contributed by atoms with Crippen LogP contribution in [0.2, 0.25) is 5.02 Å². The second-order valence-corrected chi connectivity index (χ2v) is 8.15. The summed E-state index contributed by atoms with van der Waals surface area (Å²) in [5.41, 5.74) is 1.64. The van der Waals surface area contributed by atoms with Gasteiger partial charge in [0.05, 0.1) is 27.7 Å². The first-order valence-corrected chi connectivity index (χ1v) is 9.79. The van der Waals surface area contributed by atoms with E-state index in [4.69, 9.17) is 11.6 Å². The molecule has 3 aromatic rings. The average Bonchev–Trinajstić information content (AvgIpc) is 3.04. The molecule has 5 nitrogen and oxygen atoms in total. The molecule has 0 aliphatic carbocycles. The van der Waals surface area contributed by atoms with E-state index in [2.05, 4.69) is 16.4 Å². The number of halogens is 1. The number of thioether (sulfide) groups is 1. The number of Topliss-reactive ketones (excluding diaryl/α,β-unsaturated/α-hetero) is 1. The predicted molar refractivity (Wildman–Crippen MR) is 103 cm³/mol. The number of nitrogens with zero attached hydrogens (tertiary/aromatic N) is 2. The summed E-state index contributed by atoms with van der Waals surface area (Å²) in [7, 11) is 0. The molecule has 1 atom stereocenters. The highest BCUT2D eigenvalue weighted by atomic mass is 35.5. The molecular formula is C18H10ClN3O2S2. The van der Waals surface area contributed by atoms with Crippen LogP contribution < -0.4 is 5.32 Å². The Hall–Kier alpha value is -2.40. The van der Waals surface area contributed by atoms with E-state index in [0.29, 0.717) is 32.6 Å². The minimum atomic E-state index is -1.00. The summed E-state index contributed by atoms with van der Waals surface area (Å²) in [6.45, 7) is 0. The molecule has 0 fully saturated rings. The molecule has 1 aliphatic heterocycles. The van der Waals surface area contributed by atoms with Crippen molar-refractivity contribution in [3.05, 3.63) is 52.0 Å². The van der Waals surface area contributed by atoms with Gasteiger partial charge in [-0.2, -0.15) is 5.26 Å². The fraction of sp³-hybridized carbons (Fsp3) is 0.111. The third kappa shape index (κ3) is 3.07. The smallest absolute Gasteiger partial charge is 0.234 e. The molecule has 8 heteroatoms. The number of carbonyl (C=O) groups excluding carboxylic acids is 2. The Morgan fingerprint density at radius 3 is 2.96 bits per heavy atom. The van der Waals surface area contributed by atoms with E-state index >= 15 is 0 Å². The molecule has 0 bridgehead atoms. The van der Waals surface area contributed by atoms with Gasteiger partial charge in [-0.05, 0) is 30.3 Å². The quantitative estimate of drug-likeness (QED) is 0.656. The summed E-state index contributed by atoms with van der Waals surface area (Å²) >= 11 is 8.70. The van der Waals surface area contributed by atoms with Gasteiger partial charge < -0.3 is 5.32 Å². The zero-order valence-electron chi connectivity index (χ0n) is 13.2. The van der Waals surface area contributed by atoms with Crippen molar-refractivity contribution >= 4 is 62.3 Å². The van der Waals surface area contributed by atoms with Crippen LogP contribution in [0.25, 0.3) is 10.2 Å². The lowest BCUT2D eigenvalue weighted by molar-refractivity contribution is -0.113. The lowest BCUT2D eigenvalue weighted by atomic mass is 9.99.